The summed E-state index contributed by atoms with van der Waals surface area (Å²) in [7, 11) is 0. The Morgan fingerprint density at radius 1 is 1.21 bits per heavy atom. The number of hydrogen-bond acceptors (Lipinski definition) is 3. The van der Waals surface area contributed by atoms with E-state index in [9.17, 15) is 4.39 Å². The van der Waals surface area contributed by atoms with Crippen LogP contribution < -0.4 is 4.74 Å². The molecule has 0 saturated carbocycles. The molecule has 5 heteroatoms. The first kappa shape index (κ1) is 12.4. The van der Waals surface area contributed by atoms with Crippen molar-refractivity contribution in [1.29, 1.82) is 0 Å². The SMILES string of the molecule is Fc1cc(OCc2nc3ccccc3s2)ccc1Cl. The fourth-order valence-corrected chi connectivity index (χ4v) is 2.69. The van der Waals surface area contributed by atoms with Crippen LogP contribution in [-0.4, -0.2) is 4.98 Å². The fourth-order valence-electron chi connectivity index (χ4n) is 1.69. The van der Waals surface area contributed by atoms with Crippen molar-refractivity contribution in [2.45, 2.75) is 6.61 Å². The topological polar surface area (TPSA) is 22.1 Å². The molecule has 0 radical (unpaired) electrons. The highest BCUT2D eigenvalue weighted by molar-refractivity contribution is 7.18. The normalized spacial score (nSPS) is 10.8. The second kappa shape index (κ2) is 5.15. The molecule has 96 valence electrons. The molecule has 2 nitrogen and oxygen atoms in total. The number of hydrogen-bond donors (Lipinski definition) is 0. The van der Waals surface area contributed by atoms with Gasteiger partial charge in [0, 0.05) is 6.07 Å². The Hall–Kier alpha value is -1.65. The lowest BCUT2D eigenvalue weighted by Gasteiger charge is -2.04. The van der Waals surface area contributed by atoms with Gasteiger partial charge in [-0.2, -0.15) is 0 Å². The van der Waals surface area contributed by atoms with E-state index in [1.165, 1.54) is 12.1 Å². The molecule has 1 heterocycles. The van der Waals surface area contributed by atoms with Gasteiger partial charge >= 0.3 is 0 Å². The maximum atomic E-state index is 13.2. The molecule has 1 aromatic heterocycles. The van der Waals surface area contributed by atoms with Crippen LogP contribution in [-0.2, 0) is 6.61 Å². The molecule has 0 aliphatic heterocycles. The summed E-state index contributed by atoms with van der Waals surface area (Å²) in [6, 6.07) is 12.3. The van der Waals surface area contributed by atoms with Crippen LogP contribution in [0.2, 0.25) is 5.02 Å². The van der Waals surface area contributed by atoms with Gasteiger partial charge in [-0.1, -0.05) is 23.7 Å². The molecule has 0 unspecified atom stereocenters. The summed E-state index contributed by atoms with van der Waals surface area (Å²) in [6.07, 6.45) is 0. The minimum Gasteiger partial charge on any atom is -0.486 e. The van der Waals surface area contributed by atoms with Crippen LogP contribution in [0.25, 0.3) is 10.2 Å². The molecule has 0 N–H and O–H groups in total. The maximum Gasteiger partial charge on any atom is 0.145 e. The standard InChI is InChI=1S/C14H9ClFNOS/c15-10-6-5-9(7-11(10)16)18-8-14-17-12-3-1-2-4-13(12)19-14/h1-7H,8H2. The molecule has 19 heavy (non-hydrogen) atoms. The largest absolute Gasteiger partial charge is 0.486 e. The third-order valence-electron chi connectivity index (χ3n) is 2.59. The number of fused-ring (bicyclic) bond motifs is 1. The Morgan fingerprint density at radius 2 is 2.05 bits per heavy atom. The summed E-state index contributed by atoms with van der Waals surface area (Å²) >= 11 is 7.18. The predicted octanol–water partition coefficient (Wildman–Crippen LogP) is 4.67. The smallest absolute Gasteiger partial charge is 0.145 e. The third-order valence-corrected chi connectivity index (χ3v) is 3.91. The van der Waals surface area contributed by atoms with Gasteiger partial charge in [-0.15, -0.1) is 11.3 Å². The fraction of sp³-hybridized carbons (Fsp3) is 0.0714. The molecular weight excluding hydrogens is 285 g/mol. The number of para-hydroxylation sites is 1. The van der Waals surface area contributed by atoms with Gasteiger partial charge in [-0.25, -0.2) is 9.37 Å². The van der Waals surface area contributed by atoms with Gasteiger partial charge in [0.25, 0.3) is 0 Å². The second-order valence-corrected chi connectivity index (χ2v) is 5.46. The van der Waals surface area contributed by atoms with E-state index in [0.29, 0.717) is 12.4 Å². The van der Waals surface area contributed by atoms with Gasteiger partial charge in [0.05, 0.1) is 15.2 Å². The van der Waals surface area contributed by atoms with E-state index in [0.717, 1.165) is 15.2 Å². The van der Waals surface area contributed by atoms with Gasteiger partial charge in [0.1, 0.15) is 23.2 Å². The molecule has 0 fully saturated rings. The average molecular weight is 294 g/mol. The first-order valence-corrected chi connectivity index (χ1v) is 6.84. The summed E-state index contributed by atoms with van der Waals surface area (Å²) in [4.78, 5) is 4.44. The van der Waals surface area contributed by atoms with Gasteiger partial charge in [-0.05, 0) is 24.3 Å². The van der Waals surface area contributed by atoms with E-state index < -0.39 is 5.82 Å². The highest BCUT2D eigenvalue weighted by atomic mass is 35.5. The van der Waals surface area contributed by atoms with E-state index in [4.69, 9.17) is 16.3 Å². The molecule has 0 aliphatic rings. The number of benzene rings is 2. The van der Waals surface area contributed by atoms with Crippen molar-refractivity contribution < 1.29 is 9.13 Å². The molecule has 0 spiro atoms. The lowest BCUT2D eigenvalue weighted by Crippen LogP contribution is -1.95. The first-order valence-electron chi connectivity index (χ1n) is 5.65. The van der Waals surface area contributed by atoms with Gasteiger partial charge in [-0.3, -0.25) is 0 Å². The molecule has 3 rings (SSSR count). The number of aromatic nitrogens is 1. The van der Waals surface area contributed by atoms with Crippen LogP contribution in [0.3, 0.4) is 0 Å². The van der Waals surface area contributed by atoms with Crippen LogP contribution in [0.15, 0.2) is 42.5 Å². The number of halogens is 2. The average Bonchev–Trinajstić information content (AvgIpc) is 2.83. The Bertz CT molecular complexity index is 695. The highest BCUT2D eigenvalue weighted by Gasteiger charge is 2.05. The Labute approximate surface area is 118 Å². The monoisotopic (exact) mass is 293 g/mol. The summed E-state index contributed by atoms with van der Waals surface area (Å²) < 4.78 is 19.9. The molecule has 0 saturated heterocycles. The van der Waals surface area contributed by atoms with Crippen LogP contribution in [0.4, 0.5) is 4.39 Å². The van der Waals surface area contributed by atoms with Crippen molar-refractivity contribution in [1.82, 2.24) is 4.98 Å². The molecule has 0 atom stereocenters. The van der Waals surface area contributed by atoms with E-state index in [-0.39, 0.29) is 5.02 Å². The Morgan fingerprint density at radius 3 is 2.84 bits per heavy atom. The van der Waals surface area contributed by atoms with Crippen molar-refractivity contribution in [3.63, 3.8) is 0 Å². The molecule has 0 amide bonds. The summed E-state index contributed by atoms with van der Waals surface area (Å²) in [6.45, 7) is 0.320. The first-order chi connectivity index (χ1) is 9.22. The van der Waals surface area contributed by atoms with Crippen molar-refractivity contribution >= 4 is 33.2 Å². The van der Waals surface area contributed by atoms with Gasteiger partial charge in [0.2, 0.25) is 0 Å². The summed E-state index contributed by atoms with van der Waals surface area (Å²) in [5.41, 5.74) is 0.952. The molecule has 0 bridgehead atoms. The quantitative estimate of drug-likeness (QED) is 0.700. The number of nitrogens with zero attached hydrogens (tertiary/aromatic N) is 1. The molecular formula is C14H9ClFNOS. The number of rotatable bonds is 3. The Kier molecular flexibility index (Phi) is 3.36. The third kappa shape index (κ3) is 2.69. The number of thiazole rings is 1. The zero-order valence-electron chi connectivity index (χ0n) is 9.77. The minimum absolute atomic E-state index is 0.0901. The van der Waals surface area contributed by atoms with Crippen LogP contribution in [0.5, 0.6) is 5.75 Å². The minimum atomic E-state index is -0.483. The van der Waals surface area contributed by atoms with Crippen molar-refractivity contribution in [2.75, 3.05) is 0 Å². The van der Waals surface area contributed by atoms with Gasteiger partial charge in [0.15, 0.2) is 0 Å². The van der Waals surface area contributed by atoms with Crippen LogP contribution in [0, 0.1) is 5.82 Å². The zero-order valence-corrected chi connectivity index (χ0v) is 11.3. The molecule has 3 aromatic rings. The van der Waals surface area contributed by atoms with E-state index in [2.05, 4.69) is 4.98 Å². The van der Waals surface area contributed by atoms with Crippen molar-refractivity contribution in [3.8, 4) is 5.75 Å². The van der Waals surface area contributed by atoms with Gasteiger partial charge < -0.3 is 4.74 Å². The Balaban J connectivity index is 1.76. The second-order valence-electron chi connectivity index (χ2n) is 3.94. The summed E-state index contributed by atoms with van der Waals surface area (Å²) in [5.74, 6) is -0.0374. The van der Waals surface area contributed by atoms with Crippen molar-refractivity contribution in [3.05, 3.63) is 58.3 Å². The molecule has 0 aliphatic carbocycles. The maximum absolute atomic E-state index is 13.2. The highest BCUT2D eigenvalue weighted by Crippen LogP contribution is 2.24. The van der Waals surface area contributed by atoms with Crippen LogP contribution >= 0.6 is 22.9 Å². The lowest BCUT2D eigenvalue weighted by molar-refractivity contribution is 0.304. The summed E-state index contributed by atoms with van der Waals surface area (Å²) in [5, 5.41) is 0.948. The number of ether oxygens (including phenoxy) is 1. The van der Waals surface area contributed by atoms with E-state index in [1.807, 2.05) is 24.3 Å². The zero-order chi connectivity index (χ0) is 13.2. The van der Waals surface area contributed by atoms with E-state index >= 15 is 0 Å². The predicted molar refractivity (Wildman–Crippen MR) is 75.4 cm³/mol. The lowest BCUT2D eigenvalue weighted by atomic mass is 10.3. The molecule has 2 aromatic carbocycles. The van der Waals surface area contributed by atoms with E-state index in [1.54, 1.807) is 17.4 Å². The van der Waals surface area contributed by atoms with Crippen LogP contribution in [0.1, 0.15) is 5.01 Å². The van der Waals surface area contributed by atoms with Crippen molar-refractivity contribution in [2.24, 2.45) is 0 Å².